The quantitative estimate of drug-likeness (QED) is 0.791. The maximum Gasteiger partial charge on any atom is 0.259 e. The van der Waals surface area contributed by atoms with Crippen molar-refractivity contribution >= 4 is 17.4 Å². The van der Waals surface area contributed by atoms with E-state index in [9.17, 15) is 9.90 Å². The molecule has 4 rings (SSSR count). The van der Waals surface area contributed by atoms with Gasteiger partial charge in [-0.15, -0.1) is 0 Å². The van der Waals surface area contributed by atoms with Crippen molar-refractivity contribution in [2.75, 3.05) is 18.0 Å². The maximum atomic E-state index is 13.6. The number of rotatable bonds is 4. The number of carbonyl (C=O) groups excluding carboxylic acids is 1. The Balaban J connectivity index is 1.64. The maximum absolute atomic E-state index is 13.6. The number of carbonyl (C=O) groups is 1. The van der Waals surface area contributed by atoms with Gasteiger partial charge in [-0.25, -0.2) is 4.98 Å². The zero-order valence-corrected chi connectivity index (χ0v) is 18.6. The average molecular weight is 423 g/mol. The van der Waals surface area contributed by atoms with Crippen molar-refractivity contribution in [2.45, 2.75) is 57.8 Å². The standard InChI is InChI=1S/C24H30N4O3/c1-16-7-5-14-26-21(16)28(19-8-6-13-25-15-19)22(29)18-11-9-17(10-12-18)20-24(4,30)23(2,3)31-27-20/h5,7,9-12,14,19,25,30H,6,8,13,15H2,1-4H3/t19-,24?/m1/s1. The highest BCUT2D eigenvalue weighted by molar-refractivity contribution is 6.10. The van der Waals surface area contributed by atoms with Gasteiger partial charge in [0.25, 0.3) is 5.91 Å². The fourth-order valence-electron chi connectivity index (χ4n) is 4.08. The van der Waals surface area contributed by atoms with Gasteiger partial charge in [0.1, 0.15) is 17.1 Å². The summed E-state index contributed by atoms with van der Waals surface area (Å²) in [4.78, 5) is 25.4. The SMILES string of the molecule is Cc1cccnc1N(C(=O)c1ccc(C2=NOC(C)(C)C2(C)O)cc1)[C@@H]1CCCNC1. The number of piperidine rings is 1. The Morgan fingerprint density at radius 3 is 2.55 bits per heavy atom. The fourth-order valence-corrected chi connectivity index (χ4v) is 4.08. The van der Waals surface area contributed by atoms with Gasteiger partial charge in [0, 0.05) is 23.9 Å². The van der Waals surface area contributed by atoms with Gasteiger partial charge in [-0.2, -0.15) is 0 Å². The molecular weight excluding hydrogens is 392 g/mol. The highest BCUT2D eigenvalue weighted by Crippen LogP contribution is 2.35. The molecule has 31 heavy (non-hydrogen) atoms. The molecule has 0 bridgehead atoms. The minimum Gasteiger partial charge on any atom is -0.386 e. The summed E-state index contributed by atoms with van der Waals surface area (Å²) in [5.41, 5.74) is 0.672. The van der Waals surface area contributed by atoms with Gasteiger partial charge in [0.05, 0.1) is 6.04 Å². The lowest BCUT2D eigenvalue weighted by Gasteiger charge is -2.35. The zero-order chi connectivity index (χ0) is 22.2. The monoisotopic (exact) mass is 422 g/mol. The molecule has 7 nitrogen and oxygen atoms in total. The van der Waals surface area contributed by atoms with Gasteiger partial charge in [0.15, 0.2) is 5.60 Å². The van der Waals surface area contributed by atoms with Crippen LogP contribution in [0.1, 0.15) is 55.1 Å². The van der Waals surface area contributed by atoms with Crippen molar-refractivity contribution in [1.29, 1.82) is 0 Å². The van der Waals surface area contributed by atoms with Gasteiger partial charge >= 0.3 is 0 Å². The van der Waals surface area contributed by atoms with Gasteiger partial charge < -0.3 is 15.3 Å². The van der Waals surface area contributed by atoms with Crippen molar-refractivity contribution in [2.24, 2.45) is 5.16 Å². The Hall–Kier alpha value is -2.77. The topological polar surface area (TPSA) is 87.1 Å². The lowest BCUT2D eigenvalue weighted by Crippen LogP contribution is -2.50. The molecule has 1 aromatic heterocycles. The van der Waals surface area contributed by atoms with Gasteiger partial charge in [-0.3, -0.25) is 9.69 Å². The van der Waals surface area contributed by atoms with Crippen molar-refractivity contribution in [3.8, 4) is 0 Å². The third kappa shape index (κ3) is 3.83. The van der Waals surface area contributed by atoms with Crippen LogP contribution in [-0.2, 0) is 4.84 Å². The van der Waals surface area contributed by atoms with Crippen LogP contribution in [0.2, 0.25) is 0 Å². The summed E-state index contributed by atoms with van der Waals surface area (Å²) in [6, 6.07) is 11.1. The highest BCUT2D eigenvalue weighted by Gasteiger charge is 2.51. The third-order valence-corrected chi connectivity index (χ3v) is 6.47. The van der Waals surface area contributed by atoms with Gasteiger partial charge in [-0.1, -0.05) is 23.4 Å². The van der Waals surface area contributed by atoms with E-state index in [0.29, 0.717) is 17.1 Å². The second kappa shape index (κ2) is 8.05. The number of benzene rings is 1. The van der Waals surface area contributed by atoms with E-state index in [1.54, 1.807) is 39.1 Å². The van der Waals surface area contributed by atoms with E-state index >= 15 is 0 Å². The largest absolute Gasteiger partial charge is 0.386 e. The van der Waals surface area contributed by atoms with Crippen LogP contribution >= 0.6 is 0 Å². The van der Waals surface area contributed by atoms with Crippen LogP contribution in [0.4, 0.5) is 5.82 Å². The Labute approximate surface area is 183 Å². The molecule has 2 atom stereocenters. The van der Waals surface area contributed by atoms with E-state index in [1.807, 2.05) is 36.1 Å². The summed E-state index contributed by atoms with van der Waals surface area (Å²) < 4.78 is 0. The lowest BCUT2D eigenvalue weighted by molar-refractivity contribution is -0.0936. The Bertz CT molecular complexity index is 992. The van der Waals surface area contributed by atoms with Crippen LogP contribution in [0, 0.1) is 6.92 Å². The number of nitrogens with one attached hydrogen (secondary N) is 1. The minimum absolute atomic E-state index is 0.0451. The molecule has 2 aliphatic heterocycles. The molecule has 2 aromatic rings. The molecule has 1 amide bonds. The summed E-state index contributed by atoms with van der Waals surface area (Å²) in [6.45, 7) is 8.98. The van der Waals surface area contributed by atoms with E-state index < -0.39 is 11.2 Å². The van der Waals surface area contributed by atoms with E-state index in [-0.39, 0.29) is 11.9 Å². The molecule has 7 heteroatoms. The first-order chi connectivity index (χ1) is 14.7. The summed E-state index contributed by atoms with van der Waals surface area (Å²) in [7, 11) is 0. The van der Waals surface area contributed by atoms with Crippen LogP contribution in [0.5, 0.6) is 0 Å². The van der Waals surface area contributed by atoms with E-state index in [2.05, 4.69) is 15.5 Å². The fraction of sp³-hybridized carbons (Fsp3) is 0.458. The summed E-state index contributed by atoms with van der Waals surface area (Å²) in [6.07, 6.45) is 3.67. The molecule has 2 aliphatic rings. The Morgan fingerprint density at radius 2 is 1.97 bits per heavy atom. The molecule has 0 radical (unpaired) electrons. The smallest absolute Gasteiger partial charge is 0.259 e. The van der Waals surface area contributed by atoms with Crippen LogP contribution < -0.4 is 10.2 Å². The number of aromatic nitrogens is 1. The van der Waals surface area contributed by atoms with Crippen LogP contribution in [0.25, 0.3) is 0 Å². The first-order valence-electron chi connectivity index (χ1n) is 10.8. The molecule has 164 valence electrons. The molecule has 1 saturated heterocycles. The molecular formula is C24H30N4O3. The first-order valence-corrected chi connectivity index (χ1v) is 10.8. The Morgan fingerprint density at radius 1 is 1.23 bits per heavy atom. The number of nitrogens with zero attached hydrogens (tertiary/aromatic N) is 3. The van der Waals surface area contributed by atoms with E-state index in [4.69, 9.17) is 4.84 Å². The second-order valence-corrected chi connectivity index (χ2v) is 9.01. The van der Waals surface area contributed by atoms with Crippen molar-refractivity contribution in [1.82, 2.24) is 10.3 Å². The lowest BCUT2D eigenvalue weighted by atomic mass is 9.81. The normalized spacial score (nSPS) is 24.9. The molecule has 0 saturated carbocycles. The van der Waals surface area contributed by atoms with Crippen molar-refractivity contribution < 1.29 is 14.7 Å². The number of anilines is 1. The predicted octanol–water partition coefficient (Wildman–Crippen LogP) is 3.05. The van der Waals surface area contributed by atoms with Gasteiger partial charge in [-0.05, 0) is 70.8 Å². The number of pyridine rings is 1. The van der Waals surface area contributed by atoms with Crippen LogP contribution in [0.15, 0.2) is 47.8 Å². The highest BCUT2D eigenvalue weighted by atomic mass is 16.7. The first kappa shape index (κ1) is 21.5. The second-order valence-electron chi connectivity index (χ2n) is 9.01. The molecule has 0 aliphatic carbocycles. The molecule has 1 fully saturated rings. The molecule has 2 N–H and O–H groups in total. The average Bonchev–Trinajstić information content (AvgIpc) is 2.97. The number of hydrogen-bond acceptors (Lipinski definition) is 6. The molecule has 1 unspecified atom stereocenters. The predicted molar refractivity (Wildman–Crippen MR) is 120 cm³/mol. The van der Waals surface area contributed by atoms with Crippen LogP contribution in [0.3, 0.4) is 0 Å². The summed E-state index contributed by atoms with van der Waals surface area (Å²) in [5.74, 6) is 0.613. The van der Waals surface area contributed by atoms with Crippen molar-refractivity contribution in [3.63, 3.8) is 0 Å². The number of aliphatic hydroxyl groups is 1. The van der Waals surface area contributed by atoms with E-state index in [0.717, 1.165) is 37.1 Å². The van der Waals surface area contributed by atoms with E-state index in [1.165, 1.54) is 0 Å². The van der Waals surface area contributed by atoms with Gasteiger partial charge in [0.2, 0.25) is 0 Å². The number of amides is 1. The zero-order valence-electron chi connectivity index (χ0n) is 18.6. The number of aryl methyl sites for hydroxylation is 1. The Kier molecular flexibility index (Phi) is 5.58. The summed E-state index contributed by atoms with van der Waals surface area (Å²) in [5, 5.41) is 18.4. The molecule has 3 heterocycles. The molecule has 0 spiro atoms. The number of oxime groups is 1. The third-order valence-electron chi connectivity index (χ3n) is 6.47. The summed E-state index contributed by atoms with van der Waals surface area (Å²) >= 11 is 0. The number of hydrogen-bond donors (Lipinski definition) is 2. The van der Waals surface area contributed by atoms with Crippen molar-refractivity contribution in [3.05, 3.63) is 59.3 Å². The minimum atomic E-state index is -1.23. The van der Waals surface area contributed by atoms with Crippen LogP contribution in [-0.4, -0.2) is 52.0 Å². The molecule has 1 aromatic carbocycles.